The van der Waals surface area contributed by atoms with Gasteiger partial charge in [0, 0.05) is 23.5 Å². The highest BCUT2D eigenvalue weighted by Gasteiger charge is 2.33. The topological polar surface area (TPSA) is 84.6 Å². The molecule has 0 radical (unpaired) electrons. The lowest BCUT2D eigenvalue weighted by molar-refractivity contribution is 0.598. The van der Waals surface area contributed by atoms with Gasteiger partial charge in [0.25, 0.3) is 0 Å². The number of fused-ring (bicyclic) bond motifs is 3. The Morgan fingerprint density at radius 1 is 0.645 bits per heavy atom. The molecule has 0 saturated heterocycles. The van der Waals surface area contributed by atoms with Crippen molar-refractivity contribution >= 4 is 33.6 Å². The Morgan fingerprint density at radius 2 is 1.13 bits per heavy atom. The van der Waals surface area contributed by atoms with Gasteiger partial charge in [-0.3, -0.25) is 20.0 Å². The summed E-state index contributed by atoms with van der Waals surface area (Å²) in [7, 11) is -3.65. The number of nitrogens with zero attached hydrogens (tertiary/aromatic N) is 4. The largest absolute Gasteiger partial charge is 0.255 e. The average molecular weight is 424 g/mol. The maximum Gasteiger partial charge on any atom is 0.207 e. The Hall–Kier alpha value is -3.97. The third-order valence-corrected chi connectivity index (χ3v) is 6.70. The zero-order valence-corrected chi connectivity index (χ0v) is 17.1. The molecule has 0 unspecified atom stereocenters. The molecule has 0 amide bonds. The van der Waals surface area contributed by atoms with E-state index in [0.29, 0.717) is 33.9 Å². The molecule has 31 heavy (non-hydrogen) atoms. The zero-order chi connectivity index (χ0) is 21.3. The van der Waals surface area contributed by atoms with E-state index in [1.54, 1.807) is 61.2 Å². The standard InChI is InChI=1S/C24H16N4O2S/c29-31(30)23-13-17(27-15-19-5-1-3-11-25-19)7-9-21(23)22-10-8-18(14-24(22)31)28-16-20-6-2-4-12-26-20/h1-16H. The van der Waals surface area contributed by atoms with Gasteiger partial charge in [-0.2, -0.15) is 0 Å². The van der Waals surface area contributed by atoms with Crippen LogP contribution in [0.15, 0.2) is 105 Å². The van der Waals surface area contributed by atoms with Gasteiger partial charge >= 0.3 is 0 Å². The third-order valence-electron chi connectivity index (χ3n) is 4.87. The zero-order valence-electron chi connectivity index (χ0n) is 16.3. The molecule has 1 aliphatic heterocycles. The summed E-state index contributed by atoms with van der Waals surface area (Å²) in [5, 5.41) is 0. The van der Waals surface area contributed by atoms with Crippen LogP contribution >= 0.6 is 0 Å². The minimum absolute atomic E-state index is 0.254. The first kappa shape index (κ1) is 19.0. The van der Waals surface area contributed by atoms with E-state index in [4.69, 9.17) is 0 Å². The van der Waals surface area contributed by atoms with E-state index in [1.165, 1.54) is 0 Å². The van der Waals surface area contributed by atoms with Gasteiger partial charge in [-0.05, 0) is 48.5 Å². The molecular formula is C24H16N4O2S. The van der Waals surface area contributed by atoms with Crippen LogP contribution in [-0.2, 0) is 9.84 Å². The van der Waals surface area contributed by atoms with Crippen molar-refractivity contribution < 1.29 is 8.42 Å². The molecule has 150 valence electrons. The van der Waals surface area contributed by atoms with Crippen LogP contribution in [0.25, 0.3) is 11.1 Å². The first-order chi connectivity index (χ1) is 15.1. The van der Waals surface area contributed by atoms with Crippen molar-refractivity contribution in [3.8, 4) is 11.1 Å². The lowest BCUT2D eigenvalue weighted by atomic mass is 10.1. The summed E-state index contributed by atoms with van der Waals surface area (Å²) in [6, 6.07) is 21.4. The highest BCUT2D eigenvalue weighted by atomic mass is 32.2. The molecule has 7 heteroatoms. The molecule has 0 N–H and O–H groups in total. The van der Waals surface area contributed by atoms with Crippen LogP contribution in [0, 0.1) is 0 Å². The fourth-order valence-electron chi connectivity index (χ4n) is 3.38. The monoisotopic (exact) mass is 424 g/mol. The molecule has 0 saturated carbocycles. The van der Waals surface area contributed by atoms with Gasteiger partial charge < -0.3 is 0 Å². The van der Waals surface area contributed by atoms with Crippen molar-refractivity contribution in [1.82, 2.24) is 9.97 Å². The summed E-state index contributed by atoms with van der Waals surface area (Å²) in [6.45, 7) is 0. The van der Waals surface area contributed by atoms with Crippen LogP contribution in [-0.4, -0.2) is 30.8 Å². The predicted molar refractivity (Wildman–Crippen MR) is 120 cm³/mol. The maximum absolute atomic E-state index is 13.2. The first-order valence-corrected chi connectivity index (χ1v) is 11.0. The predicted octanol–water partition coefficient (Wildman–Crippen LogP) is 4.79. The Morgan fingerprint density at radius 3 is 1.55 bits per heavy atom. The lowest BCUT2D eigenvalue weighted by Gasteiger charge is -2.00. The number of aliphatic imine (C=N–C) groups is 2. The number of hydrogen-bond donors (Lipinski definition) is 0. The Balaban J connectivity index is 1.49. The van der Waals surface area contributed by atoms with Crippen molar-refractivity contribution in [3.63, 3.8) is 0 Å². The fourth-order valence-corrected chi connectivity index (χ4v) is 5.10. The summed E-state index contributed by atoms with van der Waals surface area (Å²) >= 11 is 0. The smallest absolute Gasteiger partial charge is 0.207 e. The molecule has 4 aromatic rings. The number of hydrogen-bond acceptors (Lipinski definition) is 6. The van der Waals surface area contributed by atoms with Crippen molar-refractivity contribution in [2.24, 2.45) is 9.98 Å². The molecular weight excluding hydrogens is 408 g/mol. The minimum Gasteiger partial charge on any atom is -0.255 e. The highest BCUT2D eigenvalue weighted by molar-refractivity contribution is 7.92. The van der Waals surface area contributed by atoms with Crippen molar-refractivity contribution in [1.29, 1.82) is 0 Å². The van der Waals surface area contributed by atoms with E-state index in [1.807, 2.05) is 36.4 Å². The fraction of sp³-hybridized carbons (Fsp3) is 0. The van der Waals surface area contributed by atoms with Crippen LogP contribution in [0.2, 0.25) is 0 Å². The molecule has 2 aromatic carbocycles. The average Bonchev–Trinajstić information content (AvgIpc) is 3.04. The molecule has 0 bridgehead atoms. The Labute approximate surface area is 179 Å². The van der Waals surface area contributed by atoms with Gasteiger partial charge in [0.15, 0.2) is 0 Å². The Kier molecular flexibility index (Phi) is 4.72. The van der Waals surface area contributed by atoms with Gasteiger partial charge in [0.05, 0.1) is 45.0 Å². The van der Waals surface area contributed by atoms with Crippen LogP contribution in [0.1, 0.15) is 11.4 Å². The van der Waals surface area contributed by atoms with E-state index in [2.05, 4.69) is 20.0 Å². The van der Waals surface area contributed by atoms with Crippen molar-refractivity contribution in [2.45, 2.75) is 9.79 Å². The molecule has 0 atom stereocenters. The summed E-state index contributed by atoms with van der Waals surface area (Å²) in [5.74, 6) is 0. The molecule has 3 heterocycles. The lowest BCUT2D eigenvalue weighted by Crippen LogP contribution is -1.96. The van der Waals surface area contributed by atoms with Gasteiger partial charge in [-0.15, -0.1) is 0 Å². The van der Waals surface area contributed by atoms with Crippen LogP contribution in [0.5, 0.6) is 0 Å². The molecule has 2 aromatic heterocycles. The molecule has 1 aliphatic rings. The van der Waals surface area contributed by atoms with Crippen LogP contribution in [0.4, 0.5) is 11.4 Å². The molecule has 6 nitrogen and oxygen atoms in total. The van der Waals surface area contributed by atoms with E-state index in [9.17, 15) is 8.42 Å². The summed E-state index contributed by atoms with van der Waals surface area (Å²) < 4.78 is 26.4. The quantitative estimate of drug-likeness (QED) is 0.388. The Bertz CT molecular complexity index is 1330. The second-order valence-corrected chi connectivity index (χ2v) is 8.78. The van der Waals surface area contributed by atoms with E-state index in [0.717, 1.165) is 0 Å². The summed E-state index contributed by atoms with van der Waals surface area (Å²) in [6.07, 6.45) is 6.58. The number of pyridine rings is 2. The third kappa shape index (κ3) is 3.67. The van der Waals surface area contributed by atoms with E-state index >= 15 is 0 Å². The van der Waals surface area contributed by atoms with Gasteiger partial charge in [-0.1, -0.05) is 24.3 Å². The first-order valence-electron chi connectivity index (χ1n) is 9.55. The van der Waals surface area contributed by atoms with Crippen LogP contribution in [0.3, 0.4) is 0 Å². The number of sulfone groups is 1. The second kappa shape index (κ2) is 7.70. The van der Waals surface area contributed by atoms with Gasteiger partial charge in [0.1, 0.15) is 0 Å². The van der Waals surface area contributed by atoms with Crippen molar-refractivity contribution in [2.75, 3.05) is 0 Å². The van der Waals surface area contributed by atoms with E-state index < -0.39 is 9.84 Å². The maximum atomic E-state index is 13.2. The highest BCUT2D eigenvalue weighted by Crippen LogP contribution is 2.45. The molecule has 0 aliphatic carbocycles. The summed E-state index contributed by atoms with van der Waals surface area (Å²) in [5.41, 5.74) is 3.84. The second-order valence-electron chi connectivity index (χ2n) is 6.89. The molecule has 0 spiro atoms. The SMILES string of the molecule is O=S1(=O)c2cc(N=Cc3ccccn3)ccc2-c2ccc(N=Cc3ccccn3)cc21. The molecule has 5 rings (SSSR count). The normalized spacial score (nSPS) is 14.1. The number of rotatable bonds is 4. The van der Waals surface area contributed by atoms with E-state index in [-0.39, 0.29) is 9.79 Å². The number of aromatic nitrogens is 2. The molecule has 0 fully saturated rings. The van der Waals surface area contributed by atoms with Gasteiger partial charge in [0.2, 0.25) is 9.84 Å². The summed E-state index contributed by atoms with van der Waals surface area (Å²) in [4.78, 5) is 17.7. The van der Waals surface area contributed by atoms with Gasteiger partial charge in [-0.25, -0.2) is 8.42 Å². The number of benzene rings is 2. The van der Waals surface area contributed by atoms with Crippen molar-refractivity contribution in [3.05, 3.63) is 96.6 Å². The van der Waals surface area contributed by atoms with Crippen LogP contribution < -0.4 is 0 Å². The minimum atomic E-state index is -3.65.